The summed E-state index contributed by atoms with van der Waals surface area (Å²) in [6.07, 6.45) is 0. The molecule has 2 nitrogen and oxygen atoms in total. The summed E-state index contributed by atoms with van der Waals surface area (Å²) in [4.78, 5) is 0.532. The molecule has 0 aliphatic carbocycles. The summed E-state index contributed by atoms with van der Waals surface area (Å²) in [5.74, 6) is -4.31. The second-order valence-electron chi connectivity index (χ2n) is 3.60. The molecule has 0 amide bonds. The Morgan fingerprint density at radius 1 is 1.16 bits per heavy atom. The molecule has 0 saturated heterocycles. The molecular weight excluding hydrogens is 273 g/mol. The van der Waals surface area contributed by atoms with Crippen LogP contribution in [0.15, 0.2) is 29.6 Å². The number of rotatable bonds is 2. The molecule has 0 bridgehead atoms. The van der Waals surface area contributed by atoms with Gasteiger partial charge >= 0.3 is 0 Å². The molecule has 0 aliphatic heterocycles. The average molecular weight is 280 g/mol. The van der Waals surface area contributed by atoms with Crippen molar-refractivity contribution in [3.8, 4) is 6.07 Å². The number of hydrogen-bond acceptors (Lipinski definition) is 3. The lowest BCUT2D eigenvalue weighted by Crippen LogP contribution is -2.05. The highest BCUT2D eigenvalue weighted by atomic mass is 32.1. The summed E-state index contributed by atoms with van der Waals surface area (Å²) in [7, 11) is 0. The van der Waals surface area contributed by atoms with E-state index in [0.717, 1.165) is 12.1 Å². The van der Waals surface area contributed by atoms with Crippen LogP contribution in [-0.4, -0.2) is 0 Å². The number of nitrogens with two attached hydrogens (primary N) is 1. The van der Waals surface area contributed by atoms with Crippen molar-refractivity contribution in [2.75, 3.05) is 0 Å². The number of nitriles is 1. The molecule has 1 aromatic carbocycles. The van der Waals surface area contributed by atoms with Crippen LogP contribution in [0.3, 0.4) is 0 Å². The Hall–Kier alpha value is -2.26. The molecule has 96 valence electrons. The van der Waals surface area contributed by atoms with E-state index in [1.54, 1.807) is 17.5 Å². The maximum Gasteiger partial charge on any atom is 0.195 e. The summed E-state index contributed by atoms with van der Waals surface area (Å²) in [6, 6.07) is 6.96. The molecule has 0 fully saturated rings. The van der Waals surface area contributed by atoms with Gasteiger partial charge in [-0.3, -0.25) is 0 Å². The smallest absolute Gasteiger partial charge is 0.195 e. The van der Waals surface area contributed by atoms with Gasteiger partial charge in [0.1, 0.15) is 6.07 Å². The molecule has 19 heavy (non-hydrogen) atoms. The lowest BCUT2D eigenvalue weighted by molar-refractivity contribution is 0.445. The van der Waals surface area contributed by atoms with Crippen LogP contribution in [0.2, 0.25) is 0 Å². The standard InChI is InChI=1S/C13H7F3N2S/c14-9-4-3-7(11(15)12(9)16)13(18)8(6-17)10-2-1-5-19-10/h1-5H,18H2/b13-8-. The minimum Gasteiger partial charge on any atom is -0.397 e. The van der Waals surface area contributed by atoms with E-state index in [0.29, 0.717) is 4.88 Å². The van der Waals surface area contributed by atoms with Crippen LogP contribution in [0, 0.1) is 28.8 Å². The van der Waals surface area contributed by atoms with Gasteiger partial charge in [-0.1, -0.05) is 6.07 Å². The Balaban J connectivity index is 2.64. The second-order valence-corrected chi connectivity index (χ2v) is 4.55. The average Bonchev–Trinajstić information content (AvgIpc) is 2.91. The third kappa shape index (κ3) is 2.33. The van der Waals surface area contributed by atoms with Crippen molar-refractivity contribution in [1.29, 1.82) is 5.26 Å². The van der Waals surface area contributed by atoms with Crippen LogP contribution in [0.25, 0.3) is 11.3 Å². The fourth-order valence-corrected chi connectivity index (χ4v) is 2.27. The molecule has 2 rings (SSSR count). The quantitative estimate of drug-likeness (QED) is 0.676. The van der Waals surface area contributed by atoms with Gasteiger partial charge in [-0.2, -0.15) is 5.26 Å². The van der Waals surface area contributed by atoms with Gasteiger partial charge in [-0.15, -0.1) is 11.3 Å². The fourth-order valence-electron chi connectivity index (χ4n) is 1.54. The van der Waals surface area contributed by atoms with Gasteiger partial charge in [0, 0.05) is 10.4 Å². The van der Waals surface area contributed by atoms with Gasteiger partial charge in [-0.25, -0.2) is 13.2 Å². The van der Waals surface area contributed by atoms with E-state index in [2.05, 4.69) is 0 Å². The van der Waals surface area contributed by atoms with Crippen molar-refractivity contribution in [2.24, 2.45) is 5.73 Å². The Kier molecular flexibility index (Phi) is 3.58. The Labute approximate surface area is 111 Å². The van der Waals surface area contributed by atoms with Crippen molar-refractivity contribution >= 4 is 22.6 Å². The van der Waals surface area contributed by atoms with Crippen LogP contribution in [0.4, 0.5) is 13.2 Å². The van der Waals surface area contributed by atoms with Crippen LogP contribution < -0.4 is 5.73 Å². The first-order valence-electron chi connectivity index (χ1n) is 5.14. The monoisotopic (exact) mass is 280 g/mol. The van der Waals surface area contributed by atoms with E-state index in [1.165, 1.54) is 11.3 Å². The molecule has 0 spiro atoms. The van der Waals surface area contributed by atoms with Gasteiger partial charge in [0.15, 0.2) is 17.5 Å². The van der Waals surface area contributed by atoms with Crippen LogP contribution in [0.5, 0.6) is 0 Å². The van der Waals surface area contributed by atoms with Crippen molar-refractivity contribution in [3.63, 3.8) is 0 Å². The van der Waals surface area contributed by atoms with Gasteiger partial charge < -0.3 is 5.73 Å². The molecule has 6 heteroatoms. The Bertz CT molecular complexity index is 685. The molecule has 2 aromatic rings. The number of thiophene rings is 1. The molecule has 0 atom stereocenters. The highest BCUT2D eigenvalue weighted by Gasteiger charge is 2.18. The van der Waals surface area contributed by atoms with Crippen molar-refractivity contribution in [3.05, 3.63) is 57.5 Å². The molecule has 0 unspecified atom stereocenters. The third-order valence-electron chi connectivity index (χ3n) is 2.47. The first kappa shape index (κ1) is 13.2. The predicted octanol–water partition coefficient (Wildman–Crippen LogP) is 3.52. The lowest BCUT2D eigenvalue weighted by atomic mass is 10.1. The molecule has 0 aliphatic rings. The van der Waals surface area contributed by atoms with Crippen LogP contribution >= 0.6 is 11.3 Å². The summed E-state index contributed by atoms with van der Waals surface area (Å²) in [5.41, 5.74) is 5.17. The van der Waals surface area contributed by atoms with Gasteiger partial charge in [0.25, 0.3) is 0 Å². The van der Waals surface area contributed by atoms with Crippen molar-refractivity contribution in [2.45, 2.75) is 0 Å². The Morgan fingerprint density at radius 2 is 1.89 bits per heavy atom. The highest BCUT2D eigenvalue weighted by molar-refractivity contribution is 7.11. The van der Waals surface area contributed by atoms with Crippen LogP contribution in [0.1, 0.15) is 10.4 Å². The SMILES string of the molecule is N#C/C(=C(/N)c1ccc(F)c(F)c1F)c1cccs1. The van der Waals surface area contributed by atoms with E-state index in [4.69, 9.17) is 11.0 Å². The maximum absolute atomic E-state index is 13.6. The van der Waals surface area contributed by atoms with Gasteiger partial charge in [0.2, 0.25) is 0 Å². The Morgan fingerprint density at radius 3 is 2.47 bits per heavy atom. The van der Waals surface area contributed by atoms with Gasteiger partial charge in [0.05, 0.1) is 11.3 Å². The topological polar surface area (TPSA) is 49.8 Å². The van der Waals surface area contributed by atoms with E-state index >= 15 is 0 Å². The van der Waals surface area contributed by atoms with Gasteiger partial charge in [-0.05, 0) is 23.6 Å². The molecule has 2 N–H and O–H groups in total. The number of benzene rings is 1. The summed E-state index contributed by atoms with van der Waals surface area (Å²) < 4.78 is 39.6. The predicted molar refractivity (Wildman–Crippen MR) is 67.2 cm³/mol. The summed E-state index contributed by atoms with van der Waals surface area (Å²) >= 11 is 1.24. The number of halogens is 3. The van der Waals surface area contributed by atoms with Crippen LogP contribution in [-0.2, 0) is 0 Å². The third-order valence-corrected chi connectivity index (χ3v) is 3.36. The molecular formula is C13H7F3N2S. The summed E-state index contributed by atoms with van der Waals surface area (Å²) in [6.45, 7) is 0. The van der Waals surface area contributed by atoms with E-state index in [9.17, 15) is 13.2 Å². The first-order valence-corrected chi connectivity index (χ1v) is 6.01. The number of nitrogens with zero attached hydrogens (tertiary/aromatic N) is 1. The zero-order valence-electron chi connectivity index (χ0n) is 9.45. The first-order chi connectivity index (χ1) is 9.06. The number of hydrogen-bond donors (Lipinski definition) is 1. The second kappa shape index (κ2) is 5.16. The molecule has 1 heterocycles. The molecule has 0 saturated carbocycles. The van der Waals surface area contributed by atoms with E-state index < -0.39 is 17.5 Å². The zero-order chi connectivity index (χ0) is 14.0. The van der Waals surface area contributed by atoms with Crippen molar-refractivity contribution < 1.29 is 13.2 Å². The lowest BCUT2D eigenvalue weighted by Gasteiger charge is -2.07. The van der Waals surface area contributed by atoms with Crippen molar-refractivity contribution in [1.82, 2.24) is 0 Å². The fraction of sp³-hybridized carbons (Fsp3) is 0. The highest BCUT2D eigenvalue weighted by Crippen LogP contribution is 2.28. The molecule has 0 radical (unpaired) electrons. The minimum absolute atomic E-state index is 0.0277. The zero-order valence-corrected chi connectivity index (χ0v) is 10.3. The summed E-state index contributed by atoms with van der Waals surface area (Å²) in [5, 5.41) is 10.8. The largest absolute Gasteiger partial charge is 0.397 e. The van der Waals surface area contributed by atoms with E-state index in [1.807, 2.05) is 6.07 Å². The minimum atomic E-state index is -1.61. The normalized spacial score (nSPS) is 11.9. The number of allylic oxidation sites excluding steroid dienone is 1. The molecule has 1 aromatic heterocycles. The van der Waals surface area contributed by atoms with E-state index in [-0.39, 0.29) is 16.8 Å². The maximum atomic E-state index is 13.6.